The summed E-state index contributed by atoms with van der Waals surface area (Å²) in [4.78, 5) is 19.7. The van der Waals surface area contributed by atoms with Crippen LogP contribution in [0.1, 0.15) is 12.8 Å². The van der Waals surface area contributed by atoms with E-state index in [9.17, 15) is 0 Å². The zero-order chi connectivity index (χ0) is 16.4. The van der Waals surface area contributed by atoms with Crippen molar-refractivity contribution >= 4 is 34.3 Å². The first kappa shape index (κ1) is 15.1. The minimum absolute atomic E-state index is 0.368. The van der Waals surface area contributed by atoms with Crippen molar-refractivity contribution in [2.24, 2.45) is 0 Å². The lowest BCUT2D eigenvalue weighted by Crippen LogP contribution is -2.39. The summed E-state index contributed by atoms with van der Waals surface area (Å²) in [5, 5.41) is 4.92. The number of hydrogen-bond donors (Lipinski definition) is 1. The summed E-state index contributed by atoms with van der Waals surface area (Å²) in [7, 11) is 0. The van der Waals surface area contributed by atoms with E-state index < -0.39 is 0 Å². The molecule has 1 fully saturated rings. The summed E-state index contributed by atoms with van der Waals surface area (Å²) in [6.07, 6.45) is 7.26. The Morgan fingerprint density at radius 2 is 1.79 bits per heavy atom. The monoisotopic (exact) mass is 340 g/mol. The van der Waals surface area contributed by atoms with E-state index in [4.69, 9.17) is 11.6 Å². The molecular formula is C17H17ClN6. The number of hydrogen-bond acceptors (Lipinski definition) is 6. The second-order valence-corrected chi connectivity index (χ2v) is 6.20. The molecule has 0 atom stereocenters. The maximum Gasteiger partial charge on any atom is 0.222 e. The van der Waals surface area contributed by atoms with Gasteiger partial charge in [-0.2, -0.15) is 0 Å². The van der Waals surface area contributed by atoms with Gasteiger partial charge >= 0.3 is 0 Å². The molecule has 1 aliphatic rings. The predicted molar refractivity (Wildman–Crippen MR) is 95.4 cm³/mol. The van der Waals surface area contributed by atoms with Gasteiger partial charge in [0.15, 0.2) is 0 Å². The van der Waals surface area contributed by atoms with Crippen molar-refractivity contribution in [3.05, 3.63) is 48.0 Å². The zero-order valence-electron chi connectivity index (χ0n) is 13.1. The Labute approximate surface area is 144 Å². The quantitative estimate of drug-likeness (QED) is 0.739. The number of anilines is 2. The lowest BCUT2D eigenvalue weighted by atomic mass is 10.0. The Morgan fingerprint density at radius 1 is 1.04 bits per heavy atom. The van der Waals surface area contributed by atoms with Gasteiger partial charge in [0.2, 0.25) is 5.95 Å². The van der Waals surface area contributed by atoms with Gasteiger partial charge in [0.1, 0.15) is 11.0 Å². The van der Waals surface area contributed by atoms with Crippen molar-refractivity contribution < 1.29 is 0 Å². The van der Waals surface area contributed by atoms with Crippen LogP contribution < -0.4 is 10.2 Å². The Balaban J connectivity index is 1.50. The number of fused-ring (bicyclic) bond motifs is 1. The van der Waals surface area contributed by atoms with Crippen LogP contribution in [0, 0.1) is 0 Å². The molecule has 0 spiro atoms. The molecule has 122 valence electrons. The lowest BCUT2D eigenvalue weighted by Gasteiger charge is -2.33. The minimum atomic E-state index is 0.368. The highest BCUT2D eigenvalue weighted by atomic mass is 35.5. The van der Waals surface area contributed by atoms with E-state index in [-0.39, 0.29) is 0 Å². The average Bonchev–Trinajstić information content (AvgIpc) is 2.62. The first-order valence-electron chi connectivity index (χ1n) is 7.99. The molecule has 1 saturated heterocycles. The van der Waals surface area contributed by atoms with Crippen molar-refractivity contribution in [3.63, 3.8) is 0 Å². The van der Waals surface area contributed by atoms with Gasteiger partial charge in [0.05, 0.1) is 5.52 Å². The highest BCUT2D eigenvalue weighted by Crippen LogP contribution is 2.28. The second-order valence-electron chi connectivity index (χ2n) is 5.82. The van der Waals surface area contributed by atoms with E-state index in [0.29, 0.717) is 17.1 Å². The van der Waals surface area contributed by atoms with Crippen LogP contribution in [0.5, 0.6) is 0 Å². The molecule has 7 heteroatoms. The van der Waals surface area contributed by atoms with Gasteiger partial charge in [0, 0.05) is 49.2 Å². The maximum absolute atomic E-state index is 6.17. The molecule has 1 N–H and O–H groups in total. The van der Waals surface area contributed by atoms with E-state index in [0.717, 1.165) is 42.7 Å². The Kier molecular flexibility index (Phi) is 4.13. The van der Waals surface area contributed by atoms with E-state index >= 15 is 0 Å². The highest BCUT2D eigenvalue weighted by Gasteiger charge is 2.22. The van der Waals surface area contributed by atoms with Crippen molar-refractivity contribution in [2.75, 3.05) is 23.3 Å². The van der Waals surface area contributed by atoms with Gasteiger partial charge < -0.3 is 10.2 Å². The van der Waals surface area contributed by atoms with Crippen molar-refractivity contribution in [2.45, 2.75) is 18.9 Å². The van der Waals surface area contributed by atoms with E-state index in [1.165, 1.54) is 0 Å². The van der Waals surface area contributed by atoms with Crippen molar-refractivity contribution in [1.29, 1.82) is 0 Å². The molecule has 0 bridgehead atoms. The third kappa shape index (κ3) is 3.10. The summed E-state index contributed by atoms with van der Waals surface area (Å²) in [5.41, 5.74) is 0.880. The molecule has 4 rings (SSSR count). The van der Waals surface area contributed by atoms with E-state index in [1.807, 2.05) is 18.2 Å². The SMILES string of the molecule is Clc1cc2ncccc2c(N2CCC(Nc3ncccn3)CC2)n1. The van der Waals surface area contributed by atoms with Crippen LogP contribution in [0.3, 0.4) is 0 Å². The molecule has 3 aromatic heterocycles. The fourth-order valence-electron chi connectivity index (χ4n) is 3.06. The Bertz CT molecular complexity index is 833. The molecule has 0 aliphatic carbocycles. The van der Waals surface area contributed by atoms with Gasteiger partial charge in [0.25, 0.3) is 0 Å². The van der Waals surface area contributed by atoms with Crippen LogP contribution in [-0.2, 0) is 0 Å². The summed E-state index contributed by atoms with van der Waals surface area (Å²) in [5.74, 6) is 1.60. The maximum atomic E-state index is 6.17. The third-order valence-corrected chi connectivity index (χ3v) is 4.44. The van der Waals surface area contributed by atoms with E-state index in [1.54, 1.807) is 24.7 Å². The summed E-state index contributed by atoms with van der Waals surface area (Å²) < 4.78 is 0. The highest BCUT2D eigenvalue weighted by molar-refractivity contribution is 6.30. The number of rotatable bonds is 3. The largest absolute Gasteiger partial charge is 0.356 e. The fraction of sp³-hybridized carbons (Fsp3) is 0.294. The third-order valence-electron chi connectivity index (χ3n) is 4.24. The number of halogens is 1. The van der Waals surface area contributed by atoms with Crippen molar-refractivity contribution in [3.8, 4) is 0 Å². The van der Waals surface area contributed by atoms with Gasteiger partial charge in [-0.3, -0.25) is 4.98 Å². The van der Waals surface area contributed by atoms with Crippen LogP contribution in [0.15, 0.2) is 42.9 Å². The van der Waals surface area contributed by atoms with Crippen LogP contribution in [0.2, 0.25) is 5.15 Å². The molecule has 0 amide bonds. The van der Waals surface area contributed by atoms with E-state index in [2.05, 4.69) is 30.2 Å². The normalized spacial score (nSPS) is 15.6. The van der Waals surface area contributed by atoms with Crippen LogP contribution >= 0.6 is 11.6 Å². The molecule has 0 unspecified atom stereocenters. The van der Waals surface area contributed by atoms with Gasteiger partial charge in [-0.05, 0) is 31.0 Å². The minimum Gasteiger partial charge on any atom is -0.356 e. The molecular weight excluding hydrogens is 324 g/mol. The zero-order valence-corrected chi connectivity index (χ0v) is 13.8. The first-order chi connectivity index (χ1) is 11.8. The Hall–Kier alpha value is -2.47. The topological polar surface area (TPSA) is 66.8 Å². The standard InChI is InChI=1S/C17H17ClN6/c18-15-11-14-13(3-1-6-19-14)16(23-15)24-9-4-12(5-10-24)22-17-20-7-2-8-21-17/h1-3,6-8,11-12H,4-5,9-10H2,(H,20,21,22). The number of nitrogens with one attached hydrogen (secondary N) is 1. The second kappa shape index (κ2) is 6.57. The van der Waals surface area contributed by atoms with Crippen LogP contribution in [-0.4, -0.2) is 39.1 Å². The fourth-order valence-corrected chi connectivity index (χ4v) is 3.24. The number of aromatic nitrogens is 4. The predicted octanol–water partition coefficient (Wildman–Crippen LogP) is 3.15. The molecule has 0 saturated carbocycles. The summed E-state index contributed by atoms with van der Waals surface area (Å²) in [6, 6.07) is 7.97. The molecule has 6 nitrogen and oxygen atoms in total. The summed E-state index contributed by atoms with van der Waals surface area (Å²) in [6.45, 7) is 1.81. The van der Waals surface area contributed by atoms with Crippen molar-refractivity contribution in [1.82, 2.24) is 19.9 Å². The lowest BCUT2D eigenvalue weighted by molar-refractivity contribution is 0.522. The first-order valence-corrected chi connectivity index (χ1v) is 8.37. The number of nitrogens with zero attached hydrogens (tertiary/aromatic N) is 5. The molecule has 0 radical (unpaired) electrons. The van der Waals surface area contributed by atoms with Gasteiger partial charge in [-0.1, -0.05) is 11.6 Å². The number of pyridine rings is 2. The molecule has 0 aromatic carbocycles. The Morgan fingerprint density at radius 3 is 2.58 bits per heavy atom. The molecule has 4 heterocycles. The van der Waals surface area contributed by atoms with Crippen LogP contribution in [0.25, 0.3) is 10.9 Å². The van der Waals surface area contributed by atoms with Gasteiger partial charge in [-0.25, -0.2) is 15.0 Å². The summed E-state index contributed by atoms with van der Waals surface area (Å²) >= 11 is 6.17. The smallest absolute Gasteiger partial charge is 0.222 e. The number of piperidine rings is 1. The molecule has 3 aromatic rings. The average molecular weight is 341 g/mol. The van der Waals surface area contributed by atoms with Gasteiger partial charge in [-0.15, -0.1) is 0 Å². The molecule has 24 heavy (non-hydrogen) atoms. The van der Waals surface area contributed by atoms with Crippen LogP contribution in [0.4, 0.5) is 11.8 Å². The molecule has 1 aliphatic heterocycles.